The van der Waals surface area contributed by atoms with E-state index in [1.165, 1.54) is 0 Å². The Bertz CT molecular complexity index is 1190. The quantitative estimate of drug-likeness (QED) is 0.355. The van der Waals surface area contributed by atoms with E-state index in [-0.39, 0.29) is 5.75 Å². The second-order valence-electron chi connectivity index (χ2n) is 6.79. The van der Waals surface area contributed by atoms with Gasteiger partial charge in [-0.25, -0.2) is 4.98 Å². The Kier molecular flexibility index (Phi) is 5.54. The fraction of sp³-hybridized carbons (Fsp3) is 0.0400. The molecule has 0 saturated carbocycles. The molecule has 2 aromatic heterocycles. The third kappa shape index (κ3) is 4.44. The van der Waals surface area contributed by atoms with E-state index in [2.05, 4.69) is 57.3 Å². The van der Waals surface area contributed by atoms with Crippen molar-refractivity contribution in [1.29, 1.82) is 0 Å². The molecule has 0 fully saturated rings. The summed E-state index contributed by atoms with van der Waals surface area (Å²) in [5.74, 6) is 0.237. The van der Waals surface area contributed by atoms with Gasteiger partial charge in [-0.15, -0.1) is 0 Å². The smallest absolute Gasteiger partial charge is 0.116 e. The summed E-state index contributed by atoms with van der Waals surface area (Å²) in [6, 6.07) is 21.5. The molecule has 1 N–H and O–H groups in total. The van der Waals surface area contributed by atoms with Crippen molar-refractivity contribution < 1.29 is 5.11 Å². The first-order chi connectivity index (χ1) is 14.1. The third-order valence-electron chi connectivity index (χ3n) is 4.64. The molecule has 2 heterocycles. The van der Waals surface area contributed by atoms with Crippen LogP contribution in [-0.4, -0.2) is 15.1 Å². The van der Waals surface area contributed by atoms with Gasteiger partial charge in [0.25, 0.3) is 0 Å². The molecule has 4 heteroatoms. The number of aromatic nitrogens is 2. The van der Waals surface area contributed by atoms with E-state index >= 15 is 0 Å². The molecule has 4 rings (SSSR count). The summed E-state index contributed by atoms with van der Waals surface area (Å²) >= 11 is 3.46. The summed E-state index contributed by atoms with van der Waals surface area (Å²) in [7, 11) is 0. The van der Waals surface area contributed by atoms with E-state index in [9.17, 15) is 5.11 Å². The van der Waals surface area contributed by atoms with E-state index in [1.807, 2.05) is 49.6 Å². The molecule has 0 bridgehead atoms. The van der Waals surface area contributed by atoms with Crippen molar-refractivity contribution in [2.45, 2.75) is 6.92 Å². The zero-order valence-electron chi connectivity index (χ0n) is 15.9. The van der Waals surface area contributed by atoms with Gasteiger partial charge < -0.3 is 5.11 Å². The minimum absolute atomic E-state index is 0.237. The van der Waals surface area contributed by atoms with Crippen molar-refractivity contribution in [3.05, 3.63) is 100 Å². The number of hydrogen-bond acceptors (Lipinski definition) is 3. The van der Waals surface area contributed by atoms with Crippen LogP contribution in [0, 0.1) is 6.92 Å². The van der Waals surface area contributed by atoms with E-state index in [1.54, 1.807) is 12.1 Å². The average Bonchev–Trinajstić information content (AvgIpc) is 2.75. The van der Waals surface area contributed by atoms with Crippen molar-refractivity contribution >= 4 is 28.1 Å². The molecule has 0 spiro atoms. The molecule has 0 amide bonds. The predicted molar refractivity (Wildman–Crippen MR) is 122 cm³/mol. The lowest BCUT2D eigenvalue weighted by Gasteiger charge is -2.10. The maximum atomic E-state index is 9.84. The van der Waals surface area contributed by atoms with E-state index in [0.29, 0.717) is 0 Å². The lowest BCUT2D eigenvalue weighted by Crippen LogP contribution is -1.93. The molecule has 0 atom stereocenters. The number of nitrogens with zero attached hydrogens (tertiary/aromatic N) is 2. The number of rotatable bonds is 4. The largest absolute Gasteiger partial charge is 0.508 e. The van der Waals surface area contributed by atoms with Crippen molar-refractivity contribution in [2.75, 3.05) is 0 Å². The normalized spacial score (nSPS) is 11.1. The highest BCUT2D eigenvalue weighted by Gasteiger charge is 2.10. The number of phenolic OH excluding ortho intramolecular Hbond substituents is 1. The molecule has 0 radical (unpaired) electrons. The minimum atomic E-state index is 0.237. The van der Waals surface area contributed by atoms with Crippen molar-refractivity contribution in [3.8, 4) is 28.1 Å². The summed E-state index contributed by atoms with van der Waals surface area (Å²) in [5, 5.41) is 9.84. The summed E-state index contributed by atoms with van der Waals surface area (Å²) in [4.78, 5) is 9.18. The van der Waals surface area contributed by atoms with Crippen LogP contribution < -0.4 is 0 Å². The molecule has 4 aromatic rings. The van der Waals surface area contributed by atoms with Crippen LogP contribution in [0.5, 0.6) is 5.75 Å². The lowest BCUT2D eigenvalue weighted by atomic mass is 10.00. The molecule has 0 aliphatic rings. The SMILES string of the molecule is Cc1cc(-c2ncc(-c3cccc(O)c3)cc2C=Cc2ccccc2)cnc1Br. The van der Waals surface area contributed by atoms with Gasteiger partial charge in [0.15, 0.2) is 0 Å². The molecule has 2 aromatic carbocycles. The van der Waals surface area contributed by atoms with Gasteiger partial charge in [0, 0.05) is 29.1 Å². The van der Waals surface area contributed by atoms with Gasteiger partial charge in [0.05, 0.1) is 5.69 Å². The monoisotopic (exact) mass is 442 g/mol. The van der Waals surface area contributed by atoms with E-state index in [4.69, 9.17) is 4.98 Å². The molecular formula is C25H19BrN2O. The molecule has 3 nitrogen and oxygen atoms in total. The Morgan fingerprint density at radius 1 is 0.793 bits per heavy atom. The van der Waals surface area contributed by atoms with Gasteiger partial charge in [-0.1, -0.05) is 54.6 Å². The third-order valence-corrected chi connectivity index (χ3v) is 5.47. The highest BCUT2D eigenvalue weighted by Crippen LogP contribution is 2.30. The number of hydrogen-bond donors (Lipinski definition) is 1. The maximum Gasteiger partial charge on any atom is 0.116 e. The lowest BCUT2D eigenvalue weighted by molar-refractivity contribution is 0.475. The number of phenols is 1. The second kappa shape index (κ2) is 8.41. The van der Waals surface area contributed by atoms with E-state index in [0.717, 1.165) is 43.7 Å². The molecule has 0 aliphatic carbocycles. The Labute approximate surface area is 178 Å². The van der Waals surface area contributed by atoms with Gasteiger partial charge in [0.2, 0.25) is 0 Å². The molecule has 29 heavy (non-hydrogen) atoms. The number of halogens is 1. The van der Waals surface area contributed by atoms with Crippen LogP contribution in [0.15, 0.2) is 83.7 Å². The summed E-state index contributed by atoms with van der Waals surface area (Å²) in [6.45, 7) is 2.02. The maximum absolute atomic E-state index is 9.84. The van der Waals surface area contributed by atoms with Crippen molar-refractivity contribution in [3.63, 3.8) is 0 Å². The summed E-state index contributed by atoms with van der Waals surface area (Å²) < 4.78 is 0.832. The Morgan fingerprint density at radius 2 is 1.59 bits per heavy atom. The first-order valence-corrected chi connectivity index (χ1v) is 10.0. The second-order valence-corrected chi connectivity index (χ2v) is 7.54. The summed E-state index contributed by atoms with van der Waals surface area (Å²) in [5.41, 5.74) is 6.84. The number of pyridine rings is 2. The number of aryl methyl sites for hydroxylation is 1. The first-order valence-electron chi connectivity index (χ1n) is 9.25. The predicted octanol–water partition coefficient (Wildman–Crippen LogP) is 6.76. The fourth-order valence-electron chi connectivity index (χ4n) is 3.13. The summed E-state index contributed by atoms with van der Waals surface area (Å²) in [6.07, 6.45) is 7.81. The van der Waals surface area contributed by atoms with Crippen LogP contribution in [0.2, 0.25) is 0 Å². The van der Waals surface area contributed by atoms with Gasteiger partial charge >= 0.3 is 0 Å². The Balaban J connectivity index is 1.83. The van der Waals surface area contributed by atoms with Crippen molar-refractivity contribution in [2.24, 2.45) is 0 Å². The average molecular weight is 443 g/mol. The van der Waals surface area contributed by atoms with Gasteiger partial charge in [-0.05, 0) is 63.8 Å². The first kappa shape index (κ1) is 19.1. The fourth-order valence-corrected chi connectivity index (χ4v) is 3.35. The highest BCUT2D eigenvalue weighted by atomic mass is 79.9. The molecule has 142 valence electrons. The Hall–Kier alpha value is -3.24. The molecule has 0 unspecified atom stereocenters. The molecule has 0 saturated heterocycles. The van der Waals surface area contributed by atoms with Crippen molar-refractivity contribution in [1.82, 2.24) is 9.97 Å². The van der Waals surface area contributed by atoms with Gasteiger partial charge in [-0.3, -0.25) is 4.98 Å². The number of aromatic hydroxyl groups is 1. The van der Waals surface area contributed by atoms with Gasteiger partial charge in [-0.2, -0.15) is 0 Å². The zero-order chi connectivity index (χ0) is 20.2. The number of benzene rings is 2. The van der Waals surface area contributed by atoms with Gasteiger partial charge in [0.1, 0.15) is 10.4 Å². The highest BCUT2D eigenvalue weighted by molar-refractivity contribution is 9.10. The van der Waals surface area contributed by atoms with Crippen LogP contribution in [0.4, 0.5) is 0 Å². The zero-order valence-corrected chi connectivity index (χ0v) is 17.5. The Morgan fingerprint density at radius 3 is 2.34 bits per heavy atom. The van der Waals surface area contributed by atoms with E-state index < -0.39 is 0 Å². The van der Waals surface area contributed by atoms with Crippen LogP contribution in [0.25, 0.3) is 34.5 Å². The van der Waals surface area contributed by atoms with Crippen LogP contribution in [0.1, 0.15) is 16.7 Å². The van der Waals surface area contributed by atoms with Crippen LogP contribution >= 0.6 is 15.9 Å². The van der Waals surface area contributed by atoms with Crippen LogP contribution in [0.3, 0.4) is 0 Å². The molecule has 0 aliphatic heterocycles. The standard InChI is InChI=1S/C25H19BrN2O/c1-17-12-22(16-28-25(17)26)24-20(11-10-18-6-3-2-4-7-18)13-21(15-27-24)19-8-5-9-23(29)14-19/h2-16,29H,1H3. The minimum Gasteiger partial charge on any atom is -0.508 e. The molecular weight excluding hydrogens is 424 g/mol. The topological polar surface area (TPSA) is 46.0 Å². The van der Waals surface area contributed by atoms with Crippen LogP contribution in [-0.2, 0) is 0 Å².